The zero-order valence-corrected chi connectivity index (χ0v) is 5.25. The maximum absolute atomic E-state index is 11.8. The molecule has 52 valence electrons. The third-order valence-corrected chi connectivity index (χ3v) is 1.12. The van der Waals surface area contributed by atoms with Gasteiger partial charge in [0, 0.05) is 11.8 Å². The number of pyridine rings is 1. The van der Waals surface area contributed by atoms with Gasteiger partial charge in [-0.3, -0.25) is 9.78 Å². The molecule has 3 heteroatoms. The number of aromatic nitrogens is 1. The first-order valence-electron chi connectivity index (χ1n) is 2.83. The molecule has 1 rings (SSSR count). The van der Waals surface area contributed by atoms with Crippen LogP contribution in [0.3, 0.4) is 0 Å². The highest BCUT2D eigenvalue weighted by Crippen LogP contribution is 1.98. The van der Waals surface area contributed by atoms with Crippen molar-refractivity contribution in [1.82, 2.24) is 4.98 Å². The van der Waals surface area contributed by atoms with Crippen molar-refractivity contribution in [2.75, 3.05) is 0 Å². The molecule has 0 bridgehead atoms. The quantitative estimate of drug-likeness (QED) is 0.577. The van der Waals surface area contributed by atoms with Gasteiger partial charge in [0.1, 0.15) is 6.67 Å². The van der Waals surface area contributed by atoms with Crippen LogP contribution >= 0.6 is 0 Å². The maximum Gasteiger partial charge on any atom is 0.151 e. The normalized spacial score (nSPS) is 9.30. The van der Waals surface area contributed by atoms with Gasteiger partial charge in [-0.1, -0.05) is 0 Å². The van der Waals surface area contributed by atoms with Crippen molar-refractivity contribution >= 4 is 6.29 Å². The lowest BCUT2D eigenvalue weighted by Gasteiger charge is -1.91. The fourth-order valence-electron chi connectivity index (χ4n) is 0.585. The third-order valence-electron chi connectivity index (χ3n) is 1.12. The van der Waals surface area contributed by atoms with E-state index in [1.807, 2.05) is 0 Å². The van der Waals surface area contributed by atoms with Gasteiger partial charge in [-0.2, -0.15) is 0 Å². The first-order chi connectivity index (χ1) is 4.86. The van der Waals surface area contributed by atoms with E-state index in [0.717, 1.165) is 0 Å². The van der Waals surface area contributed by atoms with E-state index in [1.54, 1.807) is 0 Å². The molecule has 0 N–H and O–H groups in total. The van der Waals surface area contributed by atoms with Gasteiger partial charge in [-0.25, -0.2) is 4.39 Å². The minimum absolute atomic E-state index is 0.352. The second-order valence-electron chi connectivity index (χ2n) is 1.83. The Kier molecular flexibility index (Phi) is 2.10. The van der Waals surface area contributed by atoms with Crippen LogP contribution in [0.2, 0.25) is 0 Å². The number of carbonyl (C=O) groups is 1. The van der Waals surface area contributed by atoms with Crippen molar-refractivity contribution in [1.29, 1.82) is 0 Å². The van der Waals surface area contributed by atoms with Crippen molar-refractivity contribution < 1.29 is 9.18 Å². The molecule has 0 fully saturated rings. The SMILES string of the molecule is O=Cc1ccc(C[18F])nc1. The highest BCUT2D eigenvalue weighted by molar-refractivity contribution is 5.73. The second kappa shape index (κ2) is 3.06. The number of hydrogen-bond acceptors (Lipinski definition) is 2. The molecular weight excluding hydrogens is 132 g/mol. The van der Waals surface area contributed by atoms with E-state index in [-0.39, 0.29) is 0 Å². The van der Waals surface area contributed by atoms with Gasteiger partial charge in [0.25, 0.3) is 0 Å². The summed E-state index contributed by atoms with van der Waals surface area (Å²) in [6.45, 7) is -0.584. The molecule has 0 saturated heterocycles. The number of alkyl halides is 1. The van der Waals surface area contributed by atoms with Crippen LogP contribution in [0.15, 0.2) is 18.3 Å². The minimum Gasteiger partial charge on any atom is -0.298 e. The Balaban J connectivity index is 2.90. The fourth-order valence-corrected chi connectivity index (χ4v) is 0.585. The molecule has 1 heterocycles. The summed E-state index contributed by atoms with van der Waals surface area (Å²) in [6.07, 6.45) is 2.02. The Morgan fingerprint density at radius 3 is 2.80 bits per heavy atom. The molecule has 10 heavy (non-hydrogen) atoms. The van der Waals surface area contributed by atoms with Crippen molar-refractivity contribution in [3.8, 4) is 0 Å². The summed E-state index contributed by atoms with van der Waals surface area (Å²) in [5, 5.41) is 0. The van der Waals surface area contributed by atoms with E-state index in [1.165, 1.54) is 18.3 Å². The second-order valence-corrected chi connectivity index (χ2v) is 1.83. The first-order valence-corrected chi connectivity index (χ1v) is 2.83. The van der Waals surface area contributed by atoms with Crippen LogP contribution in [0.25, 0.3) is 0 Å². The van der Waals surface area contributed by atoms with E-state index in [0.29, 0.717) is 17.5 Å². The number of hydrogen-bond donors (Lipinski definition) is 0. The molecule has 0 amide bonds. The lowest BCUT2D eigenvalue weighted by atomic mass is 10.3. The average molecular weight is 138 g/mol. The van der Waals surface area contributed by atoms with Crippen LogP contribution in [0, 0.1) is 0 Å². The van der Waals surface area contributed by atoms with E-state index in [2.05, 4.69) is 4.98 Å². The third kappa shape index (κ3) is 1.37. The topological polar surface area (TPSA) is 30.0 Å². The summed E-state index contributed by atoms with van der Waals surface area (Å²) in [4.78, 5) is 13.7. The molecule has 0 unspecified atom stereocenters. The lowest BCUT2D eigenvalue weighted by Crippen LogP contribution is -1.86. The maximum atomic E-state index is 11.8. The fraction of sp³-hybridized carbons (Fsp3) is 0.143. The molecule has 0 aliphatic heterocycles. The number of halogens is 1. The highest BCUT2D eigenvalue weighted by Gasteiger charge is 1.91. The van der Waals surface area contributed by atoms with Crippen LogP contribution in [-0.4, -0.2) is 11.3 Å². The Bertz CT molecular complexity index is 220. The van der Waals surface area contributed by atoms with Crippen molar-refractivity contribution in [3.63, 3.8) is 0 Å². The molecule has 1 aromatic heterocycles. The van der Waals surface area contributed by atoms with Crippen molar-refractivity contribution in [2.45, 2.75) is 6.67 Å². The zero-order valence-electron chi connectivity index (χ0n) is 5.25. The number of carbonyl (C=O) groups excluding carboxylic acids is 1. The predicted molar refractivity (Wildman–Crippen MR) is 34.4 cm³/mol. The van der Waals surface area contributed by atoms with E-state index in [9.17, 15) is 9.18 Å². The molecule has 0 atom stereocenters. The van der Waals surface area contributed by atoms with Gasteiger partial charge in [0.2, 0.25) is 0 Å². The van der Waals surface area contributed by atoms with Crippen molar-refractivity contribution in [3.05, 3.63) is 29.6 Å². The minimum atomic E-state index is -0.584. The molecule has 0 saturated carbocycles. The predicted octanol–water partition coefficient (Wildman–Crippen LogP) is 1.36. The monoisotopic (exact) mass is 138 g/mol. The molecule has 0 aromatic carbocycles. The van der Waals surface area contributed by atoms with Gasteiger partial charge >= 0.3 is 0 Å². The number of rotatable bonds is 2. The Morgan fingerprint density at radius 1 is 1.60 bits per heavy atom. The molecule has 0 aliphatic rings. The molecule has 0 spiro atoms. The molecule has 1 aromatic rings. The first kappa shape index (κ1) is 6.86. The van der Waals surface area contributed by atoms with Crippen LogP contribution in [0.1, 0.15) is 16.1 Å². The summed E-state index contributed by atoms with van der Waals surface area (Å²) in [5.74, 6) is 0. The van der Waals surface area contributed by atoms with Crippen molar-refractivity contribution in [2.24, 2.45) is 0 Å². The van der Waals surface area contributed by atoms with Gasteiger partial charge in [-0.15, -0.1) is 0 Å². The summed E-state index contributed by atoms with van der Waals surface area (Å²) >= 11 is 0. The van der Waals surface area contributed by atoms with Gasteiger partial charge < -0.3 is 0 Å². The number of nitrogens with zero attached hydrogens (tertiary/aromatic N) is 1. The van der Waals surface area contributed by atoms with Crippen LogP contribution in [0.4, 0.5) is 4.39 Å². The largest absolute Gasteiger partial charge is 0.298 e. The van der Waals surface area contributed by atoms with E-state index >= 15 is 0 Å². The van der Waals surface area contributed by atoms with Crippen LogP contribution in [0.5, 0.6) is 0 Å². The molecule has 2 nitrogen and oxygen atoms in total. The lowest BCUT2D eigenvalue weighted by molar-refractivity contribution is 0.112. The van der Waals surface area contributed by atoms with E-state index in [4.69, 9.17) is 0 Å². The summed E-state index contributed by atoms with van der Waals surface area (Å²) in [5.41, 5.74) is 0.822. The highest BCUT2D eigenvalue weighted by atomic mass is 18.2. The molecule has 0 radical (unpaired) electrons. The smallest absolute Gasteiger partial charge is 0.151 e. The summed E-state index contributed by atoms with van der Waals surface area (Å²) < 4.78 is 11.8. The summed E-state index contributed by atoms with van der Waals surface area (Å²) in [6, 6.07) is 3.03. The Labute approximate surface area is 57.7 Å². The molecule has 0 aliphatic carbocycles. The van der Waals surface area contributed by atoms with E-state index < -0.39 is 6.67 Å². The summed E-state index contributed by atoms with van der Waals surface area (Å²) in [7, 11) is 0. The van der Waals surface area contributed by atoms with Crippen LogP contribution < -0.4 is 0 Å². The Hall–Kier alpha value is -1.25. The zero-order chi connectivity index (χ0) is 7.40. The Morgan fingerprint density at radius 2 is 2.40 bits per heavy atom. The van der Waals surface area contributed by atoms with Gasteiger partial charge in [0.05, 0.1) is 5.69 Å². The standard InChI is InChI=1S/C7H6FNO/c8-3-7-2-1-6(5-10)4-9-7/h1-2,4-5H,3H2/i8-1. The number of aldehydes is 1. The molecular formula is C7H6FNO. The average Bonchev–Trinajstić information content (AvgIpc) is 2.05. The van der Waals surface area contributed by atoms with Gasteiger partial charge in [-0.05, 0) is 12.1 Å². The van der Waals surface area contributed by atoms with Crippen LogP contribution in [-0.2, 0) is 6.67 Å². The van der Waals surface area contributed by atoms with Gasteiger partial charge in [0.15, 0.2) is 6.29 Å².